The second-order valence-corrected chi connectivity index (χ2v) is 6.30. The largest absolute Gasteiger partial charge is 0.411 e. The number of hydrogen-bond acceptors (Lipinski definition) is 6. The van der Waals surface area contributed by atoms with Gasteiger partial charge >= 0.3 is 0 Å². The van der Waals surface area contributed by atoms with Crippen LogP contribution in [0.2, 0.25) is 0 Å². The molecule has 124 valence electrons. The average Bonchev–Trinajstić information content (AvgIpc) is 3.13. The van der Waals surface area contributed by atoms with Crippen molar-refractivity contribution < 1.29 is 9.21 Å². The van der Waals surface area contributed by atoms with Crippen molar-refractivity contribution in [3.63, 3.8) is 0 Å². The van der Waals surface area contributed by atoms with Crippen LogP contribution in [0.3, 0.4) is 0 Å². The van der Waals surface area contributed by atoms with Gasteiger partial charge in [0.1, 0.15) is 5.82 Å². The number of amides is 1. The third-order valence-electron chi connectivity index (χ3n) is 3.30. The molecule has 0 fully saturated rings. The van der Waals surface area contributed by atoms with E-state index in [9.17, 15) is 4.79 Å². The fraction of sp³-hybridized carbons (Fsp3) is 0.250. The van der Waals surface area contributed by atoms with Crippen molar-refractivity contribution in [2.24, 2.45) is 7.05 Å². The summed E-state index contributed by atoms with van der Waals surface area (Å²) in [6, 6.07) is 9.62. The van der Waals surface area contributed by atoms with Gasteiger partial charge in [-0.1, -0.05) is 29.5 Å². The minimum absolute atomic E-state index is 0.155. The lowest BCUT2D eigenvalue weighted by Gasteiger charge is -2.03. The van der Waals surface area contributed by atoms with Gasteiger partial charge in [-0.15, -0.1) is 10.2 Å². The Morgan fingerprint density at radius 2 is 2.00 bits per heavy atom. The standard InChI is InChI=1S/C16H17N5O2S/c1-10-4-6-12(7-5-10)15-18-19-16(23-15)24-9-14(22)17-13-8-11(2)20-21(13)3/h4-8H,9H2,1-3H3,(H,17,22). The third kappa shape index (κ3) is 3.83. The fourth-order valence-corrected chi connectivity index (χ4v) is 2.68. The lowest BCUT2D eigenvalue weighted by molar-refractivity contribution is -0.113. The summed E-state index contributed by atoms with van der Waals surface area (Å²) in [7, 11) is 1.78. The molecule has 0 spiro atoms. The molecule has 0 aliphatic heterocycles. The van der Waals surface area contributed by atoms with E-state index in [2.05, 4.69) is 20.6 Å². The van der Waals surface area contributed by atoms with Crippen LogP contribution in [0.25, 0.3) is 11.5 Å². The summed E-state index contributed by atoms with van der Waals surface area (Å²) in [6.07, 6.45) is 0. The second kappa shape index (κ2) is 6.88. The van der Waals surface area contributed by atoms with Crippen LogP contribution in [-0.2, 0) is 11.8 Å². The lowest BCUT2D eigenvalue weighted by atomic mass is 10.1. The highest BCUT2D eigenvalue weighted by Gasteiger charge is 2.12. The maximum Gasteiger partial charge on any atom is 0.277 e. The first-order valence-corrected chi connectivity index (χ1v) is 8.33. The Kier molecular flexibility index (Phi) is 4.66. The molecular formula is C16H17N5O2S. The summed E-state index contributed by atoms with van der Waals surface area (Å²) in [5.41, 5.74) is 2.87. The zero-order chi connectivity index (χ0) is 17.1. The van der Waals surface area contributed by atoms with Crippen molar-refractivity contribution in [3.05, 3.63) is 41.6 Å². The van der Waals surface area contributed by atoms with E-state index in [1.54, 1.807) is 11.7 Å². The summed E-state index contributed by atoms with van der Waals surface area (Å²) in [5, 5.41) is 15.3. The number of carbonyl (C=O) groups excluding carboxylic acids is 1. The Hall–Kier alpha value is -2.61. The smallest absolute Gasteiger partial charge is 0.277 e. The number of aromatic nitrogens is 4. The number of benzene rings is 1. The Morgan fingerprint density at radius 1 is 1.25 bits per heavy atom. The van der Waals surface area contributed by atoms with E-state index in [1.165, 1.54) is 11.8 Å². The zero-order valence-electron chi connectivity index (χ0n) is 13.6. The van der Waals surface area contributed by atoms with Crippen LogP contribution >= 0.6 is 11.8 Å². The highest BCUT2D eigenvalue weighted by molar-refractivity contribution is 7.99. The molecule has 0 saturated heterocycles. The van der Waals surface area contributed by atoms with Gasteiger partial charge in [0.25, 0.3) is 5.22 Å². The van der Waals surface area contributed by atoms with E-state index in [0.717, 1.165) is 16.8 Å². The van der Waals surface area contributed by atoms with Crippen molar-refractivity contribution in [3.8, 4) is 11.5 Å². The third-order valence-corrected chi connectivity index (χ3v) is 4.12. The van der Waals surface area contributed by atoms with E-state index in [4.69, 9.17) is 4.42 Å². The van der Waals surface area contributed by atoms with E-state index in [0.29, 0.717) is 16.9 Å². The predicted molar refractivity (Wildman–Crippen MR) is 91.8 cm³/mol. The Morgan fingerprint density at radius 3 is 2.67 bits per heavy atom. The summed E-state index contributed by atoms with van der Waals surface area (Å²) in [6.45, 7) is 3.89. The molecular weight excluding hydrogens is 326 g/mol. The first-order valence-electron chi connectivity index (χ1n) is 7.35. The summed E-state index contributed by atoms with van der Waals surface area (Å²) in [5.74, 6) is 1.13. The molecule has 0 bridgehead atoms. The molecule has 24 heavy (non-hydrogen) atoms. The quantitative estimate of drug-likeness (QED) is 0.717. The van der Waals surface area contributed by atoms with Crippen molar-refractivity contribution in [2.75, 3.05) is 11.1 Å². The molecule has 0 aliphatic carbocycles. The molecule has 3 rings (SSSR count). The predicted octanol–water partition coefficient (Wildman–Crippen LogP) is 2.82. The summed E-state index contributed by atoms with van der Waals surface area (Å²) >= 11 is 1.20. The van der Waals surface area contributed by atoms with Crippen LogP contribution in [0.15, 0.2) is 40.0 Å². The first kappa shape index (κ1) is 16.3. The summed E-state index contributed by atoms with van der Waals surface area (Å²) in [4.78, 5) is 12.0. The summed E-state index contributed by atoms with van der Waals surface area (Å²) < 4.78 is 7.21. The first-order chi connectivity index (χ1) is 11.5. The van der Waals surface area contributed by atoms with E-state index in [1.807, 2.05) is 44.2 Å². The molecule has 1 aromatic carbocycles. The fourth-order valence-electron chi connectivity index (χ4n) is 2.11. The van der Waals surface area contributed by atoms with Crippen LogP contribution in [-0.4, -0.2) is 31.6 Å². The second-order valence-electron chi connectivity index (χ2n) is 5.37. The monoisotopic (exact) mass is 343 g/mol. The van der Waals surface area contributed by atoms with E-state index < -0.39 is 0 Å². The van der Waals surface area contributed by atoms with Gasteiger partial charge in [0.2, 0.25) is 11.8 Å². The number of rotatable bonds is 5. The SMILES string of the molecule is Cc1ccc(-c2nnc(SCC(=O)Nc3cc(C)nn3C)o2)cc1. The maximum absolute atomic E-state index is 12.0. The number of nitrogens with one attached hydrogen (secondary N) is 1. The number of nitrogens with zero attached hydrogens (tertiary/aromatic N) is 4. The van der Waals surface area contributed by atoms with Gasteiger partial charge in [-0.3, -0.25) is 9.48 Å². The highest BCUT2D eigenvalue weighted by Crippen LogP contribution is 2.23. The van der Waals surface area contributed by atoms with Crippen LogP contribution in [0.5, 0.6) is 0 Å². The molecule has 0 unspecified atom stereocenters. The van der Waals surface area contributed by atoms with Gasteiger partial charge in [0.05, 0.1) is 11.4 Å². The molecule has 1 amide bonds. The topological polar surface area (TPSA) is 85.8 Å². The minimum Gasteiger partial charge on any atom is -0.411 e. The maximum atomic E-state index is 12.0. The van der Waals surface area contributed by atoms with Gasteiger partial charge in [0, 0.05) is 18.7 Å². The molecule has 3 aromatic rings. The number of anilines is 1. The Bertz CT molecular complexity index is 854. The van der Waals surface area contributed by atoms with Gasteiger partial charge in [-0.05, 0) is 26.0 Å². The molecule has 8 heteroatoms. The Labute approximate surface area is 143 Å². The lowest BCUT2D eigenvalue weighted by Crippen LogP contribution is -2.16. The van der Waals surface area contributed by atoms with Crippen molar-refractivity contribution in [2.45, 2.75) is 19.1 Å². The molecule has 2 aromatic heterocycles. The number of carbonyl (C=O) groups is 1. The van der Waals surface area contributed by atoms with Gasteiger partial charge in [-0.25, -0.2) is 0 Å². The highest BCUT2D eigenvalue weighted by atomic mass is 32.2. The minimum atomic E-state index is -0.155. The zero-order valence-corrected chi connectivity index (χ0v) is 14.4. The number of thioether (sulfide) groups is 1. The molecule has 0 saturated carbocycles. The molecule has 0 aliphatic rings. The molecule has 0 atom stereocenters. The molecule has 7 nitrogen and oxygen atoms in total. The van der Waals surface area contributed by atoms with Crippen LogP contribution in [0, 0.1) is 13.8 Å². The molecule has 1 N–H and O–H groups in total. The number of hydrogen-bond donors (Lipinski definition) is 1. The molecule has 2 heterocycles. The Balaban J connectivity index is 1.58. The van der Waals surface area contributed by atoms with Crippen LogP contribution in [0.4, 0.5) is 5.82 Å². The van der Waals surface area contributed by atoms with Crippen molar-refractivity contribution >= 4 is 23.5 Å². The van der Waals surface area contributed by atoms with E-state index >= 15 is 0 Å². The van der Waals surface area contributed by atoms with Crippen LogP contribution < -0.4 is 5.32 Å². The van der Waals surface area contributed by atoms with Crippen LogP contribution in [0.1, 0.15) is 11.3 Å². The average molecular weight is 343 g/mol. The van der Waals surface area contributed by atoms with Crippen molar-refractivity contribution in [1.82, 2.24) is 20.0 Å². The van der Waals surface area contributed by atoms with E-state index in [-0.39, 0.29) is 11.7 Å². The van der Waals surface area contributed by atoms with Crippen molar-refractivity contribution in [1.29, 1.82) is 0 Å². The van der Waals surface area contributed by atoms with Gasteiger partial charge in [0.15, 0.2) is 0 Å². The van der Waals surface area contributed by atoms with Gasteiger partial charge < -0.3 is 9.73 Å². The normalized spacial score (nSPS) is 10.8. The van der Waals surface area contributed by atoms with Gasteiger partial charge in [-0.2, -0.15) is 5.10 Å². The molecule has 0 radical (unpaired) electrons. The number of aryl methyl sites for hydroxylation is 3.